The third-order valence-corrected chi connectivity index (χ3v) is 3.48. The quantitative estimate of drug-likeness (QED) is 0.726. The lowest BCUT2D eigenvalue weighted by molar-refractivity contribution is -0.115. The van der Waals surface area contributed by atoms with Gasteiger partial charge in [0.1, 0.15) is 5.65 Å². The predicted molar refractivity (Wildman–Crippen MR) is 94.5 cm³/mol. The van der Waals surface area contributed by atoms with E-state index in [1.54, 1.807) is 38.1 Å². The molecular formula is C19H19N3O3. The van der Waals surface area contributed by atoms with Crippen molar-refractivity contribution in [2.24, 2.45) is 0 Å². The lowest BCUT2D eigenvalue weighted by Gasteiger charge is -2.09. The number of esters is 1. The Morgan fingerprint density at radius 3 is 2.80 bits per heavy atom. The van der Waals surface area contributed by atoms with Crippen LogP contribution in [-0.4, -0.2) is 27.4 Å². The number of amides is 1. The molecule has 3 rings (SSSR count). The lowest BCUT2D eigenvalue weighted by Crippen LogP contribution is -2.16. The third-order valence-electron chi connectivity index (χ3n) is 3.48. The molecule has 25 heavy (non-hydrogen) atoms. The molecule has 1 N–H and O–H groups in total. The number of ether oxygens (including phenoxy) is 1. The van der Waals surface area contributed by atoms with E-state index in [0.717, 1.165) is 5.65 Å². The number of hydrogen-bond donors (Lipinski definition) is 1. The Bertz CT molecular complexity index is 882. The largest absolute Gasteiger partial charge is 0.459 e. The van der Waals surface area contributed by atoms with Crippen LogP contribution in [0.3, 0.4) is 0 Å². The fourth-order valence-electron chi connectivity index (χ4n) is 2.45. The molecule has 0 bridgehead atoms. The van der Waals surface area contributed by atoms with Gasteiger partial charge in [-0.2, -0.15) is 0 Å². The van der Waals surface area contributed by atoms with Gasteiger partial charge in [-0.25, -0.2) is 9.78 Å². The number of fused-ring (bicyclic) bond motifs is 1. The molecule has 0 saturated carbocycles. The molecule has 0 atom stereocenters. The van der Waals surface area contributed by atoms with Gasteiger partial charge in [-0.3, -0.25) is 4.79 Å². The van der Waals surface area contributed by atoms with Crippen LogP contribution in [-0.2, 0) is 16.0 Å². The van der Waals surface area contributed by atoms with Crippen LogP contribution < -0.4 is 5.32 Å². The molecule has 0 saturated heterocycles. The standard InChI is InChI=1S/C19H19N3O3/c1-13(2)25-19(24)14-6-5-7-15(10-14)21-18(23)11-16-12-22-9-4-3-8-17(22)20-16/h3-10,12-13H,11H2,1-2H3,(H,21,23). The van der Waals surface area contributed by atoms with Crippen LogP contribution in [0.25, 0.3) is 5.65 Å². The van der Waals surface area contributed by atoms with Crippen LogP contribution in [0.5, 0.6) is 0 Å². The van der Waals surface area contributed by atoms with E-state index in [4.69, 9.17) is 4.74 Å². The van der Waals surface area contributed by atoms with Crippen molar-refractivity contribution in [1.29, 1.82) is 0 Å². The topological polar surface area (TPSA) is 72.7 Å². The Labute approximate surface area is 145 Å². The lowest BCUT2D eigenvalue weighted by atomic mass is 10.2. The number of hydrogen-bond acceptors (Lipinski definition) is 4. The molecule has 2 aromatic heterocycles. The molecule has 1 aromatic carbocycles. The molecule has 0 aliphatic rings. The van der Waals surface area contributed by atoms with Gasteiger partial charge in [0, 0.05) is 18.1 Å². The molecule has 3 aromatic rings. The number of carbonyl (C=O) groups is 2. The average Bonchev–Trinajstić information content (AvgIpc) is 2.96. The molecule has 0 spiro atoms. The average molecular weight is 337 g/mol. The number of anilines is 1. The molecule has 2 heterocycles. The Kier molecular flexibility index (Phi) is 4.79. The van der Waals surface area contributed by atoms with E-state index in [0.29, 0.717) is 16.9 Å². The van der Waals surface area contributed by atoms with Gasteiger partial charge in [-0.05, 0) is 44.2 Å². The minimum Gasteiger partial charge on any atom is -0.459 e. The summed E-state index contributed by atoms with van der Waals surface area (Å²) in [5, 5.41) is 2.79. The van der Waals surface area contributed by atoms with Crippen LogP contribution in [0, 0.1) is 0 Å². The summed E-state index contributed by atoms with van der Waals surface area (Å²) < 4.78 is 7.03. The van der Waals surface area contributed by atoms with E-state index in [9.17, 15) is 9.59 Å². The minimum atomic E-state index is -0.411. The van der Waals surface area contributed by atoms with Crippen LogP contribution in [0.4, 0.5) is 5.69 Å². The summed E-state index contributed by atoms with van der Waals surface area (Å²) in [5.74, 6) is -0.607. The Morgan fingerprint density at radius 2 is 2.04 bits per heavy atom. The van der Waals surface area contributed by atoms with Gasteiger partial charge in [-0.15, -0.1) is 0 Å². The van der Waals surface area contributed by atoms with Gasteiger partial charge in [-0.1, -0.05) is 12.1 Å². The third kappa shape index (κ3) is 4.23. The predicted octanol–water partition coefficient (Wildman–Crippen LogP) is 3.08. The molecule has 1 amide bonds. The van der Waals surface area contributed by atoms with E-state index >= 15 is 0 Å². The fourth-order valence-corrected chi connectivity index (χ4v) is 2.45. The first-order valence-corrected chi connectivity index (χ1v) is 8.05. The summed E-state index contributed by atoms with van der Waals surface area (Å²) in [6, 6.07) is 12.4. The van der Waals surface area contributed by atoms with E-state index in [-0.39, 0.29) is 18.4 Å². The molecule has 0 aliphatic heterocycles. The molecule has 6 heteroatoms. The van der Waals surface area contributed by atoms with Crippen molar-refractivity contribution in [2.75, 3.05) is 5.32 Å². The Hall–Kier alpha value is -3.15. The van der Waals surface area contributed by atoms with Crippen molar-refractivity contribution in [3.8, 4) is 0 Å². The fraction of sp³-hybridized carbons (Fsp3) is 0.211. The molecule has 0 aliphatic carbocycles. The highest BCUT2D eigenvalue weighted by Gasteiger charge is 2.12. The summed E-state index contributed by atoms with van der Waals surface area (Å²) in [7, 11) is 0. The van der Waals surface area contributed by atoms with Gasteiger partial charge in [0.15, 0.2) is 0 Å². The van der Waals surface area contributed by atoms with Crippen molar-refractivity contribution < 1.29 is 14.3 Å². The van der Waals surface area contributed by atoms with E-state index < -0.39 is 5.97 Å². The molecule has 0 fully saturated rings. The number of nitrogens with one attached hydrogen (secondary N) is 1. The van der Waals surface area contributed by atoms with Crippen LogP contribution in [0.1, 0.15) is 29.9 Å². The second-order valence-corrected chi connectivity index (χ2v) is 5.96. The smallest absolute Gasteiger partial charge is 0.338 e. The zero-order valence-electron chi connectivity index (χ0n) is 14.1. The van der Waals surface area contributed by atoms with Crippen molar-refractivity contribution in [3.63, 3.8) is 0 Å². The zero-order chi connectivity index (χ0) is 17.8. The van der Waals surface area contributed by atoms with Crippen LogP contribution >= 0.6 is 0 Å². The van der Waals surface area contributed by atoms with Gasteiger partial charge in [0.25, 0.3) is 0 Å². The van der Waals surface area contributed by atoms with E-state index in [1.165, 1.54) is 0 Å². The molecular weight excluding hydrogens is 318 g/mol. The maximum Gasteiger partial charge on any atom is 0.338 e. The summed E-state index contributed by atoms with van der Waals surface area (Å²) >= 11 is 0. The van der Waals surface area contributed by atoms with Crippen molar-refractivity contribution in [2.45, 2.75) is 26.4 Å². The first-order chi connectivity index (χ1) is 12.0. The molecule has 0 unspecified atom stereocenters. The first kappa shape index (κ1) is 16.7. The molecule has 6 nitrogen and oxygen atoms in total. The minimum absolute atomic E-state index is 0.155. The number of rotatable bonds is 5. The Balaban J connectivity index is 1.67. The summed E-state index contributed by atoms with van der Waals surface area (Å²) in [5.41, 5.74) is 2.43. The van der Waals surface area contributed by atoms with Gasteiger partial charge < -0.3 is 14.5 Å². The van der Waals surface area contributed by atoms with Gasteiger partial charge in [0.2, 0.25) is 5.91 Å². The maximum atomic E-state index is 12.2. The highest BCUT2D eigenvalue weighted by atomic mass is 16.5. The summed E-state index contributed by atoms with van der Waals surface area (Å²) in [6.45, 7) is 3.58. The highest BCUT2D eigenvalue weighted by molar-refractivity contribution is 5.95. The van der Waals surface area contributed by atoms with Gasteiger partial charge >= 0.3 is 5.97 Å². The first-order valence-electron chi connectivity index (χ1n) is 8.05. The molecule has 128 valence electrons. The highest BCUT2D eigenvalue weighted by Crippen LogP contribution is 2.13. The number of imidazole rings is 1. The van der Waals surface area contributed by atoms with Crippen LogP contribution in [0.2, 0.25) is 0 Å². The second kappa shape index (κ2) is 7.17. The summed E-state index contributed by atoms with van der Waals surface area (Å²) in [4.78, 5) is 28.6. The number of nitrogens with zero attached hydrogens (tertiary/aromatic N) is 2. The zero-order valence-corrected chi connectivity index (χ0v) is 14.1. The van der Waals surface area contributed by atoms with E-state index in [2.05, 4.69) is 10.3 Å². The number of aromatic nitrogens is 2. The normalized spacial score (nSPS) is 10.8. The number of benzene rings is 1. The SMILES string of the molecule is CC(C)OC(=O)c1cccc(NC(=O)Cc2cn3ccccc3n2)c1. The molecule has 0 radical (unpaired) electrons. The summed E-state index contributed by atoms with van der Waals surface area (Å²) in [6.07, 6.45) is 3.67. The monoisotopic (exact) mass is 337 g/mol. The Morgan fingerprint density at radius 1 is 1.20 bits per heavy atom. The van der Waals surface area contributed by atoms with Crippen molar-refractivity contribution in [3.05, 3.63) is 66.1 Å². The van der Waals surface area contributed by atoms with Crippen molar-refractivity contribution >= 4 is 23.2 Å². The van der Waals surface area contributed by atoms with Gasteiger partial charge in [0.05, 0.1) is 23.8 Å². The van der Waals surface area contributed by atoms with Crippen LogP contribution in [0.15, 0.2) is 54.9 Å². The van der Waals surface area contributed by atoms with Crippen molar-refractivity contribution in [1.82, 2.24) is 9.38 Å². The second-order valence-electron chi connectivity index (χ2n) is 5.96. The number of pyridine rings is 1. The number of carbonyl (C=O) groups excluding carboxylic acids is 2. The maximum absolute atomic E-state index is 12.2. The van der Waals surface area contributed by atoms with E-state index in [1.807, 2.05) is 35.0 Å².